The summed E-state index contributed by atoms with van der Waals surface area (Å²) < 4.78 is 16.2. The summed E-state index contributed by atoms with van der Waals surface area (Å²) in [5.41, 5.74) is 0.0288. The minimum Gasteiger partial charge on any atom is -0.504 e. The molecule has 7 heteroatoms. The number of rotatable bonds is 8. The summed E-state index contributed by atoms with van der Waals surface area (Å²) in [5.74, 6) is 1.39. The van der Waals surface area contributed by atoms with Crippen molar-refractivity contribution in [2.45, 2.75) is 18.6 Å². The van der Waals surface area contributed by atoms with Crippen molar-refractivity contribution in [3.8, 4) is 23.0 Å². The fraction of sp³-hybridized carbons (Fsp3) is 0.240. The van der Waals surface area contributed by atoms with Gasteiger partial charge in [-0.1, -0.05) is 42.5 Å². The van der Waals surface area contributed by atoms with Gasteiger partial charge in [0.05, 0.1) is 27.4 Å². The molecule has 6 nitrogen and oxygen atoms in total. The first-order valence-corrected chi connectivity index (χ1v) is 9.85. The molecule has 0 aliphatic rings. The smallest absolute Gasteiger partial charge is 0.166 e. The van der Waals surface area contributed by atoms with Crippen molar-refractivity contribution in [2.24, 2.45) is 4.99 Å². The van der Waals surface area contributed by atoms with Gasteiger partial charge in [0.15, 0.2) is 11.5 Å². The number of aromatic hydroxyl groups is 1. The van der Waals surface area contributed by atoms with Crippen LogP contribution in [0.5, 0.6) is 23.0 Å². The van der Waals surface area contributed by atoms with Crippen molar-refractivity contribution in [3.63, 3.8) is 0 Å². The first-order valence-electron chi connectivity index (χ1n) is 9.85. The largest absolute Gasteiger partial charge is 0.504 e. The fourth-order valence-electron chi connectivity index (χ4n) is 3.62. The summed E-state index contributed by atoms with van der Waals surface area (Å²) in [6.45, 7) is 1.80. The van der Waals surface area contributed by atoms with Crippen LogP contribution in [-0.2, 0) is 22.7 Å². The number of phenols is 1. The first-order chi connectivity index (χ1) is 15.0. The van der Waals surface area contributed by atoms with E-state index < -0.39 is 11.6 Å². The van der Waals surface area contributed by atoms with Crippen LogP contribution in [0.1, 0.15) is 23.6 Å². The maximum Gasteiger partial charge on any atom is 0.166 e. The number of para-hydroxylation sites is 3. The van der Waals surface area contributed by atoms with Crippen LogP contribution in [0, 0.1) is 0 Å². The number of nitrogens with zero attached hydrogens (tertiary/aromatic N) is 1. The zero-order chi connectivity index (χ0) is 22.4. The van der Waals surface area contributed by atoms with Crippen LogP contribution in [-0.4, -0.2) is 43.8 Å². The Balaban J connectivity index is 0.00000363. The van der Waals surface area contributed by atoms with Crippen molar-refractivity contribution in [1.82, 2.24) is 0 Å². The van der Waals surface area contributed by atoms with Crippen LogP contribution in [0.3, 0.4) is 0 Å². The number of ether oxygens (including phenoxy) is 3. The summed E-state index contributed by atoms with van der Waals surface area (Å²) in [5, 5.41) is 22.5. The van der Waals surface area contributed by atoms with Crippen LogP contribution in [0.2, 0.25) is 0 Å². The number of aliphatic imine (C=N–C) groups is 1. The van der Waals surface area contributed by atoms with E-state index in [-0.39, 0.29) is 22.8 Å². The number of aliphatic hydroxyl groups is 1. The zero-order valence-corrected chi connectivity index (χ0v) is 19.3. The van der Waals surface area contributed by atoms with Crippen molar-refractivity contribution >= 4 is 6.21 Å². The molecule has 0 spiro atoms. The van der Waals surface area contributed by atoms with Crippen LogP contribution in [0.25, 0.3) is 0 Å². The summed E-state index contributed by atoms with van der Waals surface area (Å²) >= 11 is 0. The average Bonchev–Trinajstić information content (AvgIpc) is 2.82. The minimum atomic E-state index is -1.57. The van der Waals surface area contributed by atoms with Crippen molar-refractivity contribution in [3.05, 3.63) is 83.4 Å². The Labute approximate surface area is 199 Å². The van der Waals surface area contributed by atoms with E-state index in [1.807, 2.05) is 24.3 Å². The van der Waals surface area contributed by atoms with Gasteiger partial charge in [-0.05, 0) is 31.2 Å². The van der Waals surface area contributed by atoms with Crippen molar-refractivity contribution in [2.75, 3.05) is 21.3 Å². The molecule has 1 radical (unpaired) electrons. The number of hydrogen-bond acceptors (Lipinski definition) is 6. The molecule has 32 heavy (non-hydrogen) atoms. The Morgan fingerprint density at radius 2 is 1.25 bits per heavy atom. The summed E-state index contributed by atoms with van der Waals surface area (Å²) in [7, 11) is 4.61. The zero-order valence-electron chi connectivity index (χ0n) is 18.4. The van der Waals surface area contributed by atoms with Crippen molar-refractivity contribution in [1.29, 1.82) is 0 Å². The van der Waals surface area contributed by atoms with Crippen LogP contribution in [0.15, 0.2) is 71.7 Å². The van der Waals surface area contributed by atoms with E-state index in [0.717, 1.165) is 0 Å². The molecule has 3 aromatic rings. The van der Waals surface area contributed by atoms with Crippen molar-refractivity contribution < 1.29 is 41.5 Å². The van der Waals surface area contributed by atoms with Crippen LogP contribution < -0.4 is 14.2 Å². The molecular formula is C25H27CuNO5. The fourth-order valence-corrected chi connectivity index (χ4v) is 3.62. The molecule has 0 heterocycles. The molecule has 0 saturated heterocycles. The van der Waals surface area contributed by atoms with Gasteiger partial charge in [-0.15, -0.1) is 0 Å². The van der Waals surface area contributed by atoms with Gasteiger partial charge in [0.2, 0.25) is 0 Å². The van der Waals surface area contributed by atoms with Crippen LogP contribution >= 0.6 is 0 Å². The number of benzene rings is 3. The molecule has 0 aliphatic heterocycles. The van der Waals surface area contributed by atoms with Crippen LogP contribution in [0.4, 0.5) is 0 Å². The van der Waals surface area contributed by atoms with E-state index in [4.69, 9.17) is 14.2 Å². The molecule has 2 N–H and O–H groups in total. The van der Waals surface area contributed by atoms with Gasteiger partial charge in [-0.25, -0.2) is 0 Å². The van der Waals surface area contributed by atoms with Gasteiger partial charge in [0.1, 0.15) is 17.1 Å². The second-order valence-corrected chi connectivity index (χ2v) is 7.02. The van der Waals surface area contributed by atoms with Gasteiger partial charge < -0.3 is 24.4 Å². The maximum absolute atomic E-state index is 12.1. The molecule has 3 aromatic carbocycles. The normalized spacial score (nSPS) is 12.2. The van der Waals surface area contributed by atoms with Gasteiger partial charge >= 0.3 is 0 Å². The molecule has 0 saturated carbocycles. The molecular weight excluding hydrogens is 458 g/mol. The van der Waals surface area contributed by atoms with Gasteiger partial charge in [-0.3, -0.25) is 4.99 Å². The Hall–Kier alpha value is -2.99. The Morgan fingerprint density at radius 1 is 0.781 bits per heavy atom. The third-order valence-corrected chi connectivity index (χ3v) is 5.33. The quantitative estimate of drug-likeness (QED) is 0.370. The van der Waals surface area contributed by atoms with E-state index in [0.29, 0.717) is 33.9 Å². The summed E-state index contributed by atoms with van der Waals surface area (Å²) in [4.78, 5) is 4.60. The first kappa shape index (κ1) is 25.3. The predicted molar refractivity (Wildman–Crippen MR) is 121 cm³/mol. The van der Waals surface area contributed by atoms with Gasteiger partial charge in [-0.2, -0.15) is 0 Å². The number of hydrogen-bond donors (Lipinski definition) is 2. The second-order valence-electron chi connectivity index (χ2n) is 7.02. The SMILES string of the molecule is COc1ccccc1C(O)(c1ccccc1OC)[C@@H](C)N=Cc1cccc(OC)c1O.[Cu]. The number of methoxy groups -OCH3 is 3. The Kier molecular flexibility index (Phi) is 8.72. The van der Waals surface area contributed by atoms with E-state index in [1.165, 1.54) is 13.3 Å². The third-order valence-electron chi connectivity index (χ3n) is 5.33. The summed E-state index contributed by atoms with van der Waals surface area (Å²) in [6, 6.07) is 19.0. The summed E-state index contributed by atoms with van der Waals surface area (Å²) in [6.07, 6.45) is 1.53. The van der Waals surface area contributed by atoms with Gasteiger partial charge in [0.25, 0.3) is 0 Å². The molecule has 0 aromatic heterocycles. The third kappa shape index (κ3) is 4.75. The predicted octanol–water partition coefficient (Wildman–Crippen LogP) is 4.16. The Bertz CT molecular complexity index is 1020. The topological polar surface area (TPSA) is 80.5 Å². The molecule has 1 atom stereocenters. The minimum absolute atomic E-state index is 0. The molecule has 0 fully saturated rings. The molecule has 0 unspecified atom stereocenters. The molecule has 3 rings (SSSR count). The molecule has 0 bridgehead atoms. The van der Waals surface area contributed by atoms with E-state index >= 15 is 0 Å². The van der Waals surface area contributed by atoms with E-state index in [9.17, 15) is 10.2 Å². The molecule has 0 amide bonds. The average molecular weight is 485 g/mol. The maximum atomic E-state index is 12.1. The van der Waals surface area contributed by atoms with Gasteiger partial charge in [0, 0.05) is 40.0 Å². The second kappa shape index (κ2) is 11.0. The Morgan fingerprint density at radius 3 is 1.75 bits per heavy atom. The standard InChI is InChI=1S/C25H27NO5.Cu/c1-17(26-16-18-10-9-15-23(31-4)24(18)27)25(28,19-11-5-7-13-21(19)29-2)20-12-6-8-14-22(20)30-3;/h5-17,27-28H,1-4H3;/t17-;/m1./s1. The van der Waals surface area contributed by atoms with E-state index in [2.05, 4.69) is 4.99 Å². The number of phenolic OH excluding ortho intramolecular Hbond substituents is 1. The molecule has 0 aliphatic carbocycles. The molecule has 173 valence electrons. The monoisotopic (exact) mass is 484 g/mol. The van der Waals surface area contributed by atoms with E-state index in [1.54, 1.807) is 63.6 Å².